The zero-order chi connectivity index (χ0) is 34.6. The summed E-state index contributed by atoms with van der Waals surface area (Å²) in [5, 5.41) is 5.85. The van der Waals surface area contributed by atoms with Crippen molar-refractivity contribution in [3.63, 3.8) is 0 Å². The van der Waals surface area contributed by atoms with Crippen molar-refractivity contribution in [2.24, 2.45) is 4.99 Å². The van der Waals surface area contributed by atoms with Gasteiger partial charge in [0.15, 0.2) is 12.4 Å². The van der Waals surface area contributed by atoms with Crippen LogP contribution >= 0.6 is 21.6 Å². The second-order valence-electron chi connectivity index (χ2n) is 11.1. The molecule has 48 heavy (non-hydrogen) atoms. The first-order valence-electron chi connectivity index (χ1n) is 15.7. The van der Waals surface area contributed by atoms with Crippen molar-refractivity contribution in [2.45, 2.75) is 6.54 Å². The molecule has 2 aromatic carbocycles. The number of benzene rings is 2. The summed E-state index contributed by atoms with van der Waals surface area (Å²) in [6.07, 6.45) is 17.2. The zero-order valence-electron chi connectivity index (χ0n) is 28.3. The molecular weight excluding hydrogens is 637 g/mol. The van der Waals surface area contributed by atoms with Gasteiger partial charge in [0.1, 0.15) is 6.54 Å². The van der Waals surface area contributed by atoms with Crippen LogP contribution in [0.2, 0.25) is 0 Å². The molecule has 0 aliphatic rings. The molecule has 0 saturated heterocycles. The number of aliphatic imine (C=N–C) groups is 1. The standard InChI is InChI=1S/C38H46N6O2S2/c1-6-31(7-8-32-11-15-35(16-12-32)42(2)3)19-22-39-29-37(45)40-23-27-47-48-28-24-41-38(46)30-44-25-20-34(21-26-44)10-9-33-13-17-36(18-14-33)43(4)5/h6-22,25-26H,1,23-24,27-30H2,2-5H3,(H-,40,41,45,46)/p+1/b8-7+,31-19+,39-22?. The van der Waals surface area contributed by atoms with E-state index >= 15 is 0 Å². The van der Waals surface area contributed by atoms with Crippen LogP contribution in [0, 0.1) is 0 Å². The van der Waals surface area contributed by atoms with E-state index < -0.39 is 0 Å². The summed E-state index contributed by atoms with van der Waals surface area (Å²) in [6.45, 7) is 5.35. The van der Waals surface area contributed by atoms with Gasteiger partial charge < -0.3 is 20.4 Å². The number of carbonyl (C=O) groups excluding carboxylic acids is 2. The number of amides is 2. The molecule has 0 radical (unpaired) electrons. The lowest BCUT2D eigenvalue weighted by molar-refractivity contribution is -0.684. The van der Waals surface area contributed by atoms with E-state index in [1.807, 2.05) is 75.5 Å². The maximum absolute atomic E-state index is 12.3. The Morgan fingerprint density at radius 3 is 1.77 bits per heavy atom. The molecule has 0 atom stereocenters. The van der Waals surface area contributed by atoms with Gasteiger partial charge in [0.2, 0.25) is 12.5 Å². The molecule has 8 nitrogen and oxygen atoms in total. The van der Waals surface area contributed by atoms with Crippen molar-refractivity contribution in [1.82, 2.24) is 10.6 Å². The number of anilines is 2. The van der Waals surface area contributed by atoms with Gasteiger partial charge in [-0.05, 0) is 52.6 Å². The van der Waals surface area contributed by atoms with E-state index in [1.165, 1.54) is 5.69 Å². The van der Waals surface area contributed by atoms with Gasteiger partial charge in [0.25, 0.3) is 5.91 Å². The largest absolute Gasteiger partial charge is 0.378 e. The highest BCUT2D eigenvalue weighted by Gasteiger charge is 2.08. The second-order valence-corrected chi connectivity index (χ2v) is 13.8. The van der Waals surface area contributed by atoms with Gasteiger partial charge in [-0.15, -0.1) is 0 Å². The topological polar surface area (TPSA) is 80.9 Å². The van der Waals surface area contributed by atoms with Crippen LogP contribution in [0.5, 0.6) is 0 Å². The number of rotatable bonds is 19. The highest BCUT2D eigenvalue weighted by Crippen LogP contribution is 2.19. The fraction of sp³-hybridized carbons (Fsp3) is 0.263. The number of nitrogens with zero attached hydrogens (tertiary/aromatic N) is 4. The SMILES string of the molecule is C=CC(/C=C/c1ccc(N(C)C)cc1)=C\C=NCC(=O)NCCSSCCNC(=O)C[n+]1ccc(/C=C/c2ccc(N(C)C)cc2)cc1. The Labute approximate surface area is 293 Å². The normalized spacial score (nSPS) is 11.7. The van der Waals surface area contributed by atoms with Crippen molar-refractivity contribution in [1.29, 1.82) is 0 Å². The van der Waals surface area contributed by atoms with Crippen LogP contribution in [-0.2, 0) is 16.1 Å². The van der Waals surface area contributed by atoms with E-state index in [0.717, 1.165) is 39.5 Å². The molecule has 0 bridgehead atoms. The Morgan fingerprint density at radius 2 is 1.25 bits per heavy atom. The van der Waals surface area contributed by atoms with Crippen LogP contribution in [0.3, 0.4) is 0 Å². The first-order valence-corrected chi connectivity index (χ1v) is 18.2. The summed E-state index contributed by atoms with van der Waals surface area (Å²) in [7, 11) is 11.4. The molecule has 0 fully saturated rings. The van der Waals surface area contributed by atoms with Gasteiger partial charge in [-0.1, -0.05) is 82.8 Å². The van der Waals surface area contributed by atoms with Crippen LogP contribution in [-0.4, -0.2) is 77.4 Å². The van der Waals surface area contributed by atoms with Gasteiger partial charge in [-0.2, -0.15) is 4.57 Å². The van der Waals surface area contributed by atoms with Crippen LogP contribution in [0.25, 0.3) is 18.2 Å². The maximum Gasteiger partial charge on any atom is 0.286 e. The van der Waals surface area contributed by atoms with Gasteiger partial charge in [0.05, 0.1) is 0 Å². The molecule has 3 aromatic rings. The van der Waals surface area contributed by atoms with Crippen molar-refractivity contribution in [2.75, 3.05) is 69.1 Å². The second kappa shape index (κ2) is 21.4. The highest BCUT2D eigenvalue weighted by molar-refractivity contribution is 8.76. The lowest BCUT2D eigenvalue weighted by Gasteiger charge is -2.11. The predicted molar refractivity (Wildman–Crippen MR) is 209 cm³/mol. The maximum atomic E-state index is 12.3. The number of allylic oxidation sites excluding steroid dienone is 4. The predicted octanol–water partition coefficient (Wildman–Crippen LogP) is 5.79. The van der Waals surface area contributed by atoms with E-state index in [-0.39, 0.29) is 24.9 Å². The van der Waals surface area contributed by atoms with Crippen LogP contribution < -0.4 is 25.0 Å². The quantitative estimate of drug-likeness (QED) is 0.0548. The Morgan fingerprint density at radius 1 is 0.750 bits per heavy atom. The molecule has 0 saturated carbocycles. The average molecular weight is 684 g/mol. The molecule has 3 rings (SSSR count). The summed E-state index contributed by atoms with van der Waals surface area (Å²) in [5.41, 5.74) is 6.52. The number of carbonyl (C=O) groups is 2. The minimum absolute atomic E-state index is 0.0244. The molecule has 1 aromatic heterocycles. The number of nitrogens with one attached hydrogen (secondary N) is 2. The summed E-state index contributed by atoms with van der Waals surface area (Å²) in [5.74, 6) is 1.41. The van der Waals surface area contributed by atoms with Gasteiger partial charge in [-0.3, -0.25) is 14.6 Å². The van der Waals surface area contributed by atoms with Crippen LogP contribution in [0.1, 0.15) is 16.7 Å². The monoisotopic (exact) mass is 683 g/mol. The Bertz CT molecular complexity index is 1560. The lowest BCUT2D eigenvalue weighted by Crippen LogP contribution is -2.42. The van der Waals surface area contributed by atoms with E-state index in [4.69, 9.17) is 0 Å². The van der Waals surface area contributed by atoms with Gasteiger partial charge in [-0.25, -0.2) is 0 Å². The Hall–Kier alpha value is -4.54. The summed E-state index contributed by atoms with van der Waals surface area (Å²) in [4.78, 5) is 32.8. The summed E-state index contributed by atoms with van der Waals surface area (Å²) >= 11 is 0. The van der Waals surface area contributed by atoms with Crippen LogP contribution in [0.15, 0.2) is 108 Å². The third-order valence-electron chi connectivity index (χ3n) is 6.94. The smallest absolute Gasteiger partial charge is 0.286 e. The molecular formula is C38H47N6O2S2+. The lowest BCUT2D eigenvalue weighted by atomic mass is 10.1. The molecule has 0 aliphatic carbocycles. The molecule has 1 heterocycles. The van der Waals surface area contributed by atoms with E-state index in [2.05, 4.69) is 92.7 Å². The minimum atomic E-state index is -0.120. The summed E-state index contributed by atoms with van der Waals surface area (Å²) in [6, 6.07) is 20.6. The summed E-state index contributed by atoms with van der Waals surface area (Å²) < 4.78 is 1.87. The van der Waals surface area contributed by atoms with Gasteiger partial charge in [0, 0.05) is 82.5 Å². The fourth-order valence-corrected chi connectivity index (χ4v) is 5.98. The molecule has 2 N–H and O–H groups in total. The Balaban J connectivity index is 1.22. The number of hydrogen-bond acceptors (Lipinski definition) is 7. The molecule has 0 aliphatic heterocycles. The fourth-order valence-electron chi connectivity index (χ4n) is 4.16. The van der Waals surface area contributed by atoms with E-state index in [9.17, 15) is 9.59 Å². The third-order valence-corrected chi connectivity index (χ3v) is 9.35. The van der Waals surface area contributed by atoms with Crippen molar-refractivity contribution in [3.05, 3.63) is 120 Å². The van der Waals surface area contributed by atoms with E-state index in [1.54, 1.807) is 33.9 Å². The molecule has 10 heteroatoms. The molecule has 0 spiro atoms. The van der Waals surface area contributed by atoms with Crippen molar-refractivity contribution in [3.8, 4) is 0 Å². The number of pyridine rings is 1. The number of aromatic nitrogens is 1. The molecule has 2 amide bonds. The highest BCUT2D eigenvalue weighted by atomic mass is 33.1. The minimum Gasteiger partial charge on any atom is -0.378 e. The van der Waals surface area contributed by atoms with Crippen LogP contribution in [0.4, 0.5) is 11.4 Å². The molecule has 252 valence electrons. The first kappa shape index (κ1) is 37.9. The van der Waals surface area contributed by atoms with E-state index in [0.29, 0.717) is 13.1 Å². The first-order chi connectivity index (χ1) is 23.2. The zero-order valence-corrected chi connectivity index (χ0v) is 30.0. The average Bonchev–Trinajstić information content (AvgIpc) is 3.09. The van der Waals surface area contributed by atoms with Crippen molar-refractivity contribution >= 4 is 69.2 Å². The molecule has 0 unspecified atom stereocenters. The Kier molecular flexibility index (Phi) is 16.9. The number of hydrogen-bond donors (Lipinski definition) is 2. The third kappa shape index (κ3) is 14.9. The van der Waals surface area contributed by atoms with Crippen molar-refractivity contribution < 1.29 is 14.2 Å². The van der Waals surface area contributed by atoms with Gasteiger partial charge >= 0.3 is 0 Å².